The van der Waals surface area contributed by atoms with Gasteiger partial charge in [-0.25, -0.2) is 4.98 Å². The van der Waals surface area contributed by atoms with E-state index in [9.17, 15) is 4.79 Å². The number of benzene rings is 1. The molecule has 0 saturated heterocycles. The highest BCUT2D eigenvalue weighted by Crippen LogP contribution is 2.26. The van der Waals surface area contributed by atoms with Gasteiger partial charge in [-0.2, -0.15) is 0 Å². The van der Waals surface area contributed by atoms with Gasteiger partial charge in [0.15, 0.2) is 0 Å². The van der Waals surface area contributed by atoms with Crippen molar-refractivity contribution >= 4 is 27.8 Å². The summed E-state index contributed by atoms with van der Waals surface area (Å²) in [6.07, 6.45) is 12.5. The van der Waals surface area contributed by atoms with E-state index in [0.29, 0.717) is 11.8 Å². The molecular formula is C21H18N2OS. The van der Waals surface area contributed by atoms with Crippen LogP contribution in [0.5, 0.6) is 0 Å². The van der Waals surface area contributed by atoms with E-state index in [0.717, 1.165) is 23.3 Å². The van der Waals surface area contributed by atoms with E-state index < -0.39 is 0 Å². The van der Waals surface area contributed by atoms with Crippen molar-refractivity contribution < 1.29 is 0 Å². The number of nitrogens with one attached hydrogen (secondary N) is 1. The maximum absolute atomic E-state index is 12.1. The van der Waals surface area contributed by atoms with Crippen molar-refractivity contribution in [2.75, 3.05) is 0 Å². The summed E-state index contributed by atoms with van der Waals surface area (Å²) in [5.41, 5.74) is 1.78. The molecule has 0 amide bonds. The molecule has 3 aromatic rings. The summed E-state index contributed by atoms with van der Waals surface area (Å²) in [7, 11) is 0. The molecule has 3 rings (SSSR count). The lowest BCUT2D eigenvalue weighted by atomic mass is 10.2. The maximum atomic E-state index is 12.1. The third kappa shape index (κ3) is 3.96. The maximum Gasteiger partial charge on any atom is 0.258 e. The summed E-state index contributed by atoms with van der Waals surface area (Å²) in [6.45, 7) is 2.00. The highest BCUT2D eigenvalue weighted by atomic mass is 32.1. The zero-order chi connectivity index (χ0) is 17.6. The molecule has 0 aliphatic rings. The van der Waals surface area contributed by atoms with Crippen LogP contribution >= 0.6 is 11.3 Å². The largest absolute Gasteiger partial charge is 0.310 e. The third-order valence-electron chi connectivity index (χ3n) is 3.89. The molecule has 124 valence electrons. The van der Waals surface area contributed by atoms with Gasteiger partial charge in [0.25, 0.3) is 5.56 Å². The first kappa shape index (κ1) is 16.9. The molecule has 1 N–H and O–H groups in total. The molecule has 4 heteroatoms. The van der Waals surface area contributed by atoms with Crippen LogP contribution in [0.3, 0.4) is 0 Å². The first-order valence-corrected chi connectivity index (χ1v) is 8.89. The van der Waals surface area contributed by atoms with Gasteiger partial charge in [-0.15, -0.1) is 17.8 Å². The second kappa shape index (κ2) is 7.78. The molecule has 0 aliphatic carbocycles. The molecule has 2 aromatic heterocycles. The minimum absolute atomic E-state index is 0.0805. The van der Waals surface area contributed by atoms with E-state index in [1.54, 1.807) is 23.5 Å². The molecule has 0 radical (unpaired) electrons. The number of nitrogens with zero attached hydrogens (tertiary/aromatic N) is 1. The number of hydrogen-bond acceptors (Lipinski definition) is 3. The van der Waals surface area contributed by atoms with Crippen LogP contribution in [0, 0.1) is 12.3 Å². The van der Waals surface area contributed by atoms with Crippen LogP contribution in [0.2, 0.25) is 0 Å². The summed E-state index contributed by atoms with van der Waals surface area (Å²) in [4.78, 5) is 22.0. The van der Waals surface area contributed by atoms with Crippen LogP contribution in [0.25, 0.3) is 16.5 Å². The van der Waals surface area contributed by atoms with Gasteiger partial charge in [-0.05, 0) is 55.3 Å². The fraction of sp³-hybridized carbons (Fsp3) is 0.143. The highest BCUT2D eigenvalue weighted by Gasteiger charge is 2.06. The van der Waals surface area contributed by atoms with Crippen LogP contribution in [0.1, 0.15) is 22.5 Å². The van der Waals surface area contributed by atoms with Crippen molar-refractivity contribution in [2.24, 2.45) is 0 Å². The number of allylic oxidation sites excluding steroid dienone is 4. The third-order valence-corrected chi connectivity index (χ3v) is 5.08. The molecule has 0 atom stereocenters. The molecule has 0 saturated carbocycles. The quantitative estimate of drug-likeness (QED) is 0.551. The van der Waals surface area contributed by atoms with E-state index in [1.165, 1.54) is 9.75 Å². The van der Waals surface area contributed by atoms with Crippen molar-refractivity contribution in [1.29, 1.82) is 0 Å². The van der Waals surface area contributed by atoms with Crippen LogP contribution in [-0.4, -0.2) is 9.97 Å². The molecule has 2 heterocycles. The van der Waals surface area contributed by atoms with Crippen molar-refractivity contribution in [2.45, 2.75) is 19.8 Å². The summed E-state index contributed by atoms with van der Waals surface area (Å²) < 4.78 is 0. The van der Waals surface area contributed by atoms with Crippen molar-refractivity contribution in [3.8, 4) is 12.3 Å². The monoisotopic (exact) mass is 346 g/mol. The number of fused-ring (bicyclic) bond motifs is 1. The van der Waals surface area contributed by atoms with E-state index >= 15 is 0 Å². The number of H-pyrrole nitrogens is 1. The Balaban J connectivity index is 1.76. The number of hydrogen-bond donors (Lipinski definition) is 1. The molecule has 0 spiro atoms. The smallest absolute Gasteiger partial charge is 0.258 e. The van der Waals surface area contributed by atoms with Gasteiger partial charge in [-0.1, -0.05) is 24.1 Å². The lowest BCUT2D eigenvalue weighted by molar-refractivity contribution is 0.871. The van der Waals surface area contributed by atoms with Crippen LogP contribution in [0.4, 0.5) is 0 Å². The van der Waals surface area contributed by atoms with Gasteiger partial charge in [0.2, 0.25) is 0 Å². The van der Waals surface area contributed by atoms with E-state index in [-0.39, 0.29) is 5.56 Å². The Morgan fingerprint density at radius 2 is 2.12 bits per heavy atom. The summed E-state index contributed by atoms with van der Waals surface area (Å²) in [5.74, 6) is 3.24. The second-order valence-corrected chi connectivity index (χ2v) is 6.71. The first-order chi connectivity index (χ1) is 12.2. The number of terminal acetylenes is 1. The highest BCUT2D eigenvalue weighted by molar-refractivity contribution is 7.13. The average Bonchev–Trinajstić information content (AvgIpc) is 3.10. The van der Waals surface area contributed by atoms with Crippen LogP contribution in [-0.2, 0) is 12.8 Å². The first-order valence-electron chi connectivity index (χ1n) is 8.07. The molecule has 0 bridgehead atoms. The molecule has 0 fully saturated rings. The van der Waals surface area contributed by atoms with Gasteiger partial charge >= 0.3 is 0 Å². The Bertz CT molecular complexity index is 1050. The van der Waals surface area contributed by atoms with Gasteiger partial charge in [0.1, 0.15) is 5.82 Å². The summed E-state index contributed by atoms with van der Waals surface area (Å²) in [5, 5.41) is 0.627. The van der Waals surface area contributed by atoms with E-state index in [4.69, 9.17) is 6.42 Å². The Labute approximate surface area is 150 Å². The molecule has 0 aliphatic heterocycles. The number of rotatable bonds is 5. The zero-order valence-corrected chi connectivity index (χ0v) is 14.8. The second-order valence-electron chi connectivity index (χ2n) is 5.54. The lowest BCUT2D eigenvalue weighted by Gasteiger charge is -2.02. The van der Waals surface area contributed by atoms with Crippen molar-refractivity contribution in [3.05, 3.63) is 80.6 Å². The van der Waals surface area contributed by atoms with E-state index in [2.05, 4.69) is 28.0 Å². The number of aromatic nitrogens is 2. The minimum atomic E-state index is -0.0805. The fourth-order valence-electron chi connectivity index (χ4n) is 2.62. The zero-order valence-electron chi connectivity index (χ0n) is 14.0. The fourth-order valence-corrected chi connectivity index (χ4v) is 3.68. The van der Waals surface area contributed by atoms with Gasteiger partial charge < -0.3 is 4.98 Å². The number of thiophene rings is 1. The van der Waals surface area contributed by atoms with Crippen LogP contribution < -0.4 is 5.56 Å². The predicted octanol–water partition coefficient (Wildman–Crippen LogP) is 4.36. The standard InChI is InChI=1S/C21H18N2OS/c1-3-5-8-15(4-2)19-13-11-16(25-19)12-14-20-22-18-10-7-6-9-17(18)21(24)23-20/h1,4-11,13H,12,14H2,2H3,(H,22,23,24)/b8-5-,15-4+. The Morgan fingerprint density at radius 1 is 1.28 bits per heavy atom. The topological polar surface area (TPSA) is 45.8 Å². The van der Waals surface area contributed by atoms with Crippen molar-refractivity contribution in [3.63, 3.8) is 0 Å². The van der Waals surface area contributed by atoms with Gasteiger partial charge in [0.05, 0.1) is 10.9 Å². The average molecular weight is 346 g/mol. The van der Waals surface area contributed by atoms with E-state index in [1.807, 2.05) is 37.3 Å². The normalized spacial score (nSPS) is 11.9. The number of para-hydroxylation sites is 1. The molecular weight excluding hydrogens is 328 g/mol. The van der Waals surface area contributed by atoms with Crippen LogP contribution in [0.15, 0.2) is 59.4 Å². The minimum Gasteiger partial charge on any atom is -0.310 e. The summed E-state index contributed by atoms with van der Waals surface area (Å²) >= 11 is 1.74. The van der Waals surface area contributed by atoms with Crippen molar-refractivity contribution in [1.82, 2.24) is 9.97 Å². The summed E-state index contributed by atoms with van der Waals surface area (Å²) in [6, 6.07) is 11.6. The lowest BCUT2D eigenvalue weighted by Crippen LogP contribution is -2.12. The predicted molar refractivity (Wildman–Crippen MR) is 106 cm³/mol. The van der Waals surface area contributed by atoms with Gasteiger partial charge in [0, 0.05) is 16.2 Å². The SMILES string of the molecule is C#C/C=C\C(=C/C)c1ccc(CCc2nc3ccccc3c(=O)[nH]2)s1. The Hall–Kier alpha value is -2.90. The molecule has 0 unspecified atom stereocenters. The Morgan fingerprint density at radius 3 is 2.92 bits per heavy atom. The Kier molecular flexibility index (Phi) is 5.27. The molecule has 25 heavy (non-hydrogen) atoms. The number of aromatic amines is 1. The molecule has 1 aromatic carbocycles. The number of aryl methyl sites for hydroxylation is 2. The molecule has 3 nitrogen and oxygen atoms in total. The van der Waals surface area contributed by atoms with Gasteiger partial charge in [-0.3, -0.25) is 4.79 Å².